The molecule has 5 rings (SSSR count). The fraction of sp³-hybridized carbons (Fsp3) is 0.0500. The van der Waals surface area contributed by atoms with Gasteiger partial charge in [0.05, 0.1) is 40.9 Å². The normalized spacial score (nSPS) is 13.4. The summed E-state index contributed by atoms with van der Waals surface area (Å²) in [5.74, 6) is -1.19. The molecule has 0 N–H and O–H groups in total. The van der Waals surface area contributed by atoms with Crippen molar-refractivity contribution in [1.29, 1.82) is 0 Å². The molecule has 4 aromatic rings. The van der Waals surface area contributed by atoms with Crippen molar-refractivity contribution in [3.05, 3.63) is 76.2 Å². The molecule has 0 fully saturated rings. The maximum atomic E-state index is 12.6. The van der Waals surface area contributed by atoms with E-state index in [1.807, 2.05) is 6.07 Å². The molecule has 0 saturated heterocycles. The van der Waals surface area contributed by atoms with Crippen LogP contribution in [0.25, 0.3) is 16.6 Å². The quantitative estimate of drug-likeness (QED) is 0.467. The largest absolute Gasteiger partial charge is 0.299 e. The molecule has 7 nitrogen and oxygen atoms in total. The number of aromatic nitrogens is 4. The van der Waals surface area contributed by atoms with Crippen molar-refractivity contribution in [3.63, 3.8) is 0 Å². The lowest BCUT2D eigenvalue weighted by atomic mass is 10.1. The van der Waals surface area contributed by atoms with E-state index in [1.54, 1.807) is 47.4 Å². The third kappa shape index (κ3) is 2.86. The lowest BCUT2D eigenvalue weighted by molar-refractivity contribution is -0.114. The van der Waals surface area contributed by atoms with Gasteiger partial charge in [0.25, 0.3) is 11.7 Å². The molecule has 9 heteroatoms. The Kier molecular flexibility index (Phi) is 4.08. The Morgan fingerprint density at radius 3 is 2.59 bits per heavy atom. The van der Waals surface area contributed by atoms with E-state index in [0.717, 1.165) is 11.1 Å². The summed E-state index contributed by atoms with van der Waals surface area (Å²) in [4.78, 5) is 30.6. The standard InChI is InChI=1S/C20H11Cl2N5O2/c21-11-2-4-17-15(7-11)19(28)20(29)26(17)10-13-9-24-25-27(13)18-5-6-23-16-8-12(22)1-3-14(16)18/h1-9H,10H2. The fourth-order valence-electron chi connectivity index (χ4n) is 3.45. The van der Waals surface area contributed by atoms with Gasteiger partial charge in [-0.2, -0.15) is 0 Å². The molecule has 0 bridgehead atoms. The summed E-state index contributed by atoms with van der Waals surface area (Å²) < 4.78 is 1.63. The first-order valence-electron chi connectivity index (χ1n) is 8.63. The predicted molar refractivity (Wildman–Crippen MR) is 109 cm³/mol. The van der Waals surface area contributed by atoms with E-state index >= 15 is 0 Å². The number of rotatable bonds is 3. The monoisotopic (exact) mass is 423 g/mol. The summed E-state index contributed by atoms with van der Waals surface area (Å²) in [5.41, 5.74) is 2.91. The summed E-state index contributed by atoms with van der Waals surface area (Å²) in [5, 5.41) is 10.00. The number of halogens is 2. The molecule has 1 aliphatic heterocycles. The number of pyridine rings is 1. The number of amides is 1. The van der Waals surface area contributed by atoms with Gasteiger partial charge in [0.15, 0.2) is 0 Å². The van der Waals surface area contributed by atoms with Gasteiger partial charge >= 0.3 is 0 Å². The first-order chi connectivity index (χ1) is 14.0. The van der Waals surface area contributed by atoms with E-state index in [4.69, 9.17) is 23.2 Å². The van der Waals surface area contributed by atoms with Gasteiger partial charge in [-0.25, -0.2) is 4.68 Å². The van der Waals surface area contributed by atoms with Crippen LogP contribution in [0.4, 0.5) is 5.69 Å². The second-order valence-electron chi connectivity index (χ2n) is 6.51. The van der Waals surface area contributed by atoms with Crippen molar-refractivity contribution in [3.8, 4) is 5.69 Å². The first-order valence-corrected chi connectivity index (χ1v) is 9.38. The van der Waals surface area contributed by atoms with Crippen LogP contribution in [0.2, 0.25) is 10.0 Å². The number of Topliss-reactive ketones (excluding diaryl/α,β-unsaturated/α-hetero) is 1. The van der Waals surface area contributed by atoms with Gasteiger partial charge in [-0.1, -0.05) is 28.4 Å². The lowest BCUT2D eigenvalue weighted by Crippen LogP contribution is -2.30. The van der Waals surface area contributed by atoms with E-state index in [-0.39, 0.29) is 6.54 Å². The smallest absolute Gasteiger partial charge is 0.299 e. The van der Waals surface area contributed by atoms with Crippen LogP contribution in [0.15, 0.2) is 54.9 Å². The van der Waals surface area contributed by atoms with Crippen molar-refractivity contribution >= 4 is 51.5 Å². The minimum Gasteiger partial charge on any atom is -0.299 e. The number of carbonyl (C=O) groups excluding carboxylic acids is 2. The summed E-state index contributed by atoms with van der Waals surface area (Å²) in [6, 6.07) is 12.0. The third-order valence-corrected chi connectivity index (χ3v) is 5.25. The lowest BCUT2D eigenvalue weighted by Gasteiger charge is -2.17. The van der Waals surface area contributed by atoms with Crippen molar-refractivity contribution in [1.82, 2.24) is 20.0 Å². The number of hydrogen-bond donors (Lipinski definition) is 0. The number of anilines is 1. The third-order valence-electron chi connectivity index (χ3n) is 4.78. The first kappa shape index (κ1) is 17.8. The molecule has 2 aromatic heterocycles. The average Bonchev–Trinajstić information content (AvgIpc) is 3.26. The Labute approximate surface area is 174 Å². The number of nitrogens with zero attached hydrogens (tertiary/aromatic N) is 5. The summed E-state index contributed by atoms with van der Waals surface area (Å²) in [6.45, 7) is 0.129. The van der Waals surface area contributed by atoms with Gasteiger partial charge < -0.3 is 0 Å². The number of carbonyl (C=O) groups is 2. The van der Waals surface area contributed by atoms with Crippen LogP contribution >= 0.6 is 23.2 Å². The van der Waals surface area contributed by atoms with Crippen LogP contribution in [-0.4, -0.2) is 31.7 Å². The SMILES string of the molecule is O=C1C(=O)N(Cc2cnnn2-c2ccnc3cc(Cl)ccc23)c2ccc(Cl)cc21. The van der Waals surface area contributed by atoms with Crippen LogP contribution < -0.4 is 4.90 Å². The predicted octanol–water partition coefficient (Wildman–Crippen LogP) is 3.85. The second-order valence-corrected chi connectivity index (χ2v) is 7.38. The second kappa shape index (κ2) is 6.65. The van der Waals surface area contributed by atoms with E-state index in [2.05, 4.69) is 15.3 Å². The Bertz CT molecular complexity index is 1320. The van der Waals surface area contributed by atoms with E-state index in [0.29, 0.717) is 32.5 Å². The fourth-order valence-corrected chi connectivity index (χ4v) is 3.79. The van der Waals surface area contributed by atoms with Crippen molar-refractivity contribution in [2.75, 3.05) is 4.90 Å². The van der Waals surface area contributed by atoms with Gasteiger partial charge in [0.1, 0.15) is 0 Å². The molecular formula is C20H11Cl2N5O2. The van der Waals surface area contributed by atoms with Gasteiger partial charge in [-0.3, -0.25) is 19.5 Å². The maximum absolute atomic E-state index is 12.6. The van der Waals surface area contributed by atoms with Crippen LogP contribution in [-0.2, 0) is 11.3 Å². The van der Waals surface area contributed by atoms with Gasteiger partial charge in [0, 0.05) is 21.6 Å². The highest BCUT2D eigenvalue weighted by molar-refractivity contribution is 6.52. The maximum Gasteiger partial charge on any atom is 0.299 e. The Morgan fingerprint density at radius 2 is 1.72 bits per heavy atom. The molecule has 3 heterocycles. The summed E-state index contributed by atoms with van der Waals surface area (Å²) in [7, 11) is 0. The zero-order valence-electron chi connectivity index (χ0n) is 14.7. The molecule has 2 aromatic carbocycles. The van der Waals surface area contributed by atoms with Crippen LogP contribution in [0.3, 0.4) is 0 Å². The summed E-state index contributed by atoms with van der Waals surface area (Å²) >= 11 is 12.0. The molecule has 142 valence electrons. The Morgan fingerprint density at radius 1 is 0.931 bits per heavy atom. The number of ketones is 1. The molecule has 0 saturated carbocycles. The summed E-state index contributed by atoms with van der Waals surface area (Å²) in [6.07, 6.45) is 3.22. The number of hydrogen-bond acceptors (Lipinski definition) is 5. The highest BCUT2D eigenvalue weighted by Gasteiger charge is 2.36. The van der Waals surface area contributed by atoms with Crippen LogP contribution in [0.1, 0.15) is 16.1 Å². The van der Waals surface area contributed by atoms with E-state index in [9.17, 15) is 9.59 Å². The Balaban J connectivity index is 1.58. The number of benzene rings is 2. The van der Waals surface area contributed by atoms with Gasteiger partial charge in [0.2, 0.25) is 0 Å². The minimum absolute atomic E-state index is 0.129. The molecule has 29 heavy (non-hydrogen) atoms. The molecule has 0 atom stereocenters. The van der Waals surface area contributed by atoms with Gasteiger partial charge in [-0.05, 0) is 42.5 Å². The van der Waals surface area contributed by atoms with Gasteiger partial charge in [-0.15, -0.1) is 5.10 Å². The van der Waals surface area contributed by atoms with Crippen molar-refractivity contribution in [2.24, 2.45) is 0 Å². The van der Waals surface area contributed by atoms with Crippen molar-refractivity contribution in [2.45, 2.75) is 6.54 Å². The molecular weight excluding hydrogens is 413 g/mol. The minimum atomic E-state index is -0.610. The molecule has 0 radical (unpaired) electrons. The topological polar surface area (TPSA) is 81.0 Å². The average molecular weight is 424 g/mol. The van der Waals surface area contributed by atoms with Crippen molar-refractivity contribution < 1.29 is 9.59 Å². The van der Waals surface area contributed by atoms with Crippen LogP contribution in [0.5, 0.6) is 0 Å². The zero-order chi connectivity index (χ0) is 20.1. The van der Waals surface area contributed by atoms with E-state index < -0.39 is 11.7 Å². The number of fused-ring (bicyclic) bond motifs is 2. The molecule has 1 amide bonds. The highest BCUT2D eigenvalue weighted by atomic mass is 35.5. The van der Waals surface area contributed by atoms with Crippen LogP contribution in [0, 0.1) is 0 Å². The zero-order valence-corrected chi connectivity index (χ0v) is 16.2. The van der Waals surface area contributed by atoms with E-state index in [1.165, 1.54) is 11.0 Å². The molecule has 0 unspecified atom stereocenters. The Hall–Kier alpha value is -3.29. The molecule has 0 aliphatic carbocycles. The molecule has 0 spiro atoms. The highest BCUT2D eigenvalue weighted by Crippen LogP contribution is 2.33. The molecule has 1 aliphatic rings.